The Labute approximate surface area is 156 Å². The molecule has 0 aliphatic carbocycles. The highest BCUT2D eigenvalue weighted by Crippen LogP contribution is 2.29. The number of hydrogen-bond acceptors (Lipinski definition) is 3. The topological polar surface area (TPSA) is 42.4 Å². The van der Waals surface area contributed by atoms with Crippen molar-refractivity contribution in [3.8, 4) is 5.75 Å². The van der Waals surface area contributed by atoms with Gasteiger partial charge in [0.15, 0.2) is 0 Å². The van der Waals surface area contributed by atoms with E-state index >= 15 is 0 Å². The first-order valence-electron chi connectivity index (χ1n) is 9.30. The molecule has 1 aliphatic rings. The molecule has 3 rings (SSSR count). The van der Waals surface area contributed by atoms with Gasteiger partial charge in [0, 0.05) is 13.1 Å². The fraction of sp³-hybridized carbons (Fsp3) is 0.455. The maximum atomic E-state index is 12.8. The number of carbonyl (C=O) groups is 1. The Balaban J connectivity index is 1.71. The maximum Gasteiger partial charge on any atom is 0.272 e. The quantitative estimate of drug-likeness (QED) is 0.811. The van der Waals surface area contributed by atoms with E-state index in [-0.39, 0.29) is 11.3 Å². The van der Waals surface area contributed by atoms with Crippen molar-refractivity contribution < 1.29 is 9.53 Å². The van der Waals surface area contributed by atoms with Crippen molar-refractivity contribution in [1.29, 1.82) is 0 Å². The smallest absolute Gasteiger partial charge is 0.272 e. The monoisotopic (exact) mass is 352 g/mol. The molecule has 0 atom stereocenters. The number of rotatable bonds is 4. The molecule has 4 heteroatoms. The van der Waals surface area contributed by atoms with Crippen LogP contribution in [0.2, 0.25) is 0 Å². The van der Waals surface area contributed by atoms with E-state index in [0.29, 0.717) is 12.3 Å². The van der Waals surface area contributed by atoms with Gasteiger partial charge in [0.2, 0.25) is 0 Å². The number of carbonyl (C=O) groups excluding carboxylic acids is 1. The minimum absolute atomic E-state index is 0.0201. The Morgan fingerprint density at radius 3 is 2.54 bits per heavy atom. The van der Waals surface area contributed by atoms with Gasteiger partial charge in [-0.2, -0.15) is 0 Å². The molecule has 0 saturated carbocycles. The van der Waals surface area contributed by atoms with Crippen LogP contribution in [0.1, 0.15) is 54.0 Å². The van der Waals surface area contributed by atoms with Crippen LogP contribution in [0.15, 0.2) is 36.4 Å². The first-order chi connectivity index (χ1) is 12.4. The number of piperidine rings is 1. The lowest BCUT2D eigenvalue weighted by atomic mass is 9.84. The predicted octanol–water partition coefficient (Wildman–Crippen LogP) is 4.54. The molecular formula is C22H28N2O2. The van der Waals surface area contributed by atoms with Crippen LogP contribution in [-0.2, 0) is 6.61 Å². The lowest BCUT2D eigenvalue weighted by Crippen LogP contribution is -2.43. The summed E-state index contributed by atoms with van der Waals surface area (Å²) in [6, 6.07) is 11.7. The third kappa shape index (κ3) is 4.24. The van der Waals surface area contributed by atoms with Gasteiger partial charge >= 0.3 is 0 Å². The van der Waals surface area contributed by atoms with E-state index in [1.165, 1.54) is 0 Å². The number of ether oxygens (including phenoxy) is 1. The second-order valence-electron chi connectivity index (χ2n) is 8.02. The SMILES string of the molecule is Cc1cccc(C)c1OCc1cccc(C(=O)N2CCCC(C)(C)C2)n1. The van der Waals surface area contributed by atoms with Gasteiger partial charge < -0.3 is 9.64 Å². The first kappa shape index (κ1) is 18.4. The van der Waals surface area contributed by atoms with Crippen molar-refractivity contribution in [2.45, 2.75) is 47.1 Å². The molecule has 0 N–H and O–H groups in total. The van der Waals surface area contributed by atoms with Gasteiger partial charge in [0.1, 0.15) is 18.1 Å². The summed E-state index contributed by atoms with van der Waals surface area (Å²) < 4.78 is 5.98. The van der Waals surface area contributed by atoms with Gasteiger partial charge in [0.25, 0.3) is 5.91 Å². The van der Waals surface area contributed by atoms with E-state index in [2.05, 4.69) is 18.8 Å². The van der Waals surface area contributed by atoms with Crippen LogP contribution in [0, 0.1) is 19.3 Å². The van der Waals surface area contributed by atoms with Crippen LogP contribution in [0.25, 0.3) is 0 Å². The molecule has 0 bridgehead atoms. The Morgan fingerprint density at radius 2 is 1.85 bits per heavy atom. The standard InChI is InChI=1S/C22H28N2O2/c1-16-8-5-9-17(2)20(16)26-14-18-10-6-11-19(23-18)21(25)24-13-7-12-22(3,4)15-24/h5-6,8-11H,7,12-15H2,1-4H3. The molecule has 1 amide bonds. The molecule has 0 spiro atoms. The zero-order valence-electron chi connectivity index (χ0n) is 16.2. The van der Waals surface area contributed by atoms with E-state index in [0.717, 1.165) is 48.5 Å². The van der Waals surface area contributed by atoms with Gasteiger partial charge in [-0.15, -0.1) is 0 Å². The van der Waals surface area contributed by atoms with Crippen LogP contribution < -0.4 is 4.74 Å². The molecule has 1 aromatic heterocycles. The highest BCUT2D eigenvalue weighted by Gasteiger charge is 2.30. The first-order valence-corrected chi connectivity index (χ1v) is 9.30. The Morgan fingerprint density at radius 1 is 1.15 bits per heavy atom. The summed E-state index contributed by atoms with van der Waals surface area (Å²) in [5.41, 5.74) is 3.66. The van der Waals surface area contributed by atoms with E-state index in [1.807, 2.05) is 49.1 Å². The summed E-state index contributed by atoms with van der Waals surface area (Å²) in [6.45, 7) is 10.5. The third-order valence-corrected chi connectivity index (χ3v) is 4.99. The summed E-state index contributed by atoms with van der Waals surface area (Å²) in [6.07, 6.45) is 2.21. The second kappa shape index (κ2) is 7.48. The summed E-state index contributed by atoms with van der Waals surface area (Å²) in [5.74, 6) is 0.913. The molecule has 0 radical (unpaired) electrons. The van der Waals surface area contributed by atoms with Gasteiger partial charge in [-0.3, -0.25) is 4.79 Å². The number of hydrogen-bond donors (Lipinski definition) is 0. The summed E-state index contributed by atoms with van der Waals surface area (Å²) in [4.78, 5) is 19.3. The average Bonchev–Trinajstić information content (AvgIpc) is 2.60. The fourth-order valence-electron chi connectivity index (χ4n) is 3.61. The summed E-state index contributed by atoms with van der Waals surface area (Å²) >= 11 is 0. The molecule has 1 aromatic carbocycles. The number of aromatic nitrogens is 1. The molecule has 2 aromatic rings. The number of amides is 1. The second-order valence-corrected chi connectivity index (χ2v) is 8.02. The van der Waals surface area contributed by atoms with Gasteiger partial charge in [-0.1, -0.05) is 38.1 Å². The van der Waals surface area contributed by atoms with Crippen molar-refractivity contribution in [2.75, 3.05) is 13.1 Å². The molecule has 1 fully saturated rings. The van der Waals surface area contributed by atoms with Crippen LogP contribution in [0.3, 0.4) is 0 Å². The lowest BCUT2D eigenvalue weighted by molar-refractivity contribution is 0.0577. The molecule has 26 heavy (non-hydrogen) atoms. The highest BCUT2D eigenvalue weighted by atomic mass is 16.5. The predicted molar refractivity (Wildman–Crippen MR) is 103 cm³/mol. The number of benzene rings is 1. The molecular weight excluding hydrogens is 324 g/mol. The largest absolute Gasteiger partial charge is 0.487 e. The third-order valence-electron chi connectivity index (χ3n) is 4.99. The molecule has 1 saturated heterocycles. The zero-order valence-corrected chi connectivity index (χ0v) is 16.2. The average molecular weight is 352 g/mol. The minimum atomic E-state index is 0.0201. The fourth-order valence-corrected chi connectivity index (χ4v) is 3.61. The summed E-state index contributed by atoms with van der Waals surface area (Å²) in [5, 5.41) is 0. The zero-order chi connectivity index (χ0) is 18.7. The minimum Gasteiger partial charge on any atom is -0.487 e. The summed E-state index contributed by atoms with van der Waals surface area (Å²) in [7, 11) is 0. The number of aryl methyl sites for hydroxylation is 2. The molecule has 0 unspecified atom stereocenters. The van der Waals surface area contributed by atoms with Gasteiger partial charge in [-0.05, 0) is 55.4 Å². The number of para-hydroxylation sites is 1. The lowest BCUT2D eigenvalue weighted by Gasteiger charge is -2.37. The van der Waals surface area contributed by atoms with E-state index in [1.54, 1.807) is 6.07 Å². The molecule has 138 valence electrons. The Kier molecular flexibility index (Phi) is 5.30. The van der Waals surface area contributed by atoms with Gasteiger partial charge in [-0.25, -0.2) is 4.98 Å². The highest BCUT2D eigenvalue weighted by molar-refractivity contribution is 5.92. The molecule has 2 heterocycles. The van der Waals surface area contributed by atoms with Crippen LogP contribution in [0.4, 0.5) is 0 Å². The Hall–Kier alpha value is -2.36. The normalized spacial score (nSPS) is 16.4. The van der Waals surface area contributed by atoms with E-state index in [9.17, 15) is 4.79 Å². The van der Waals surface area contributed by atoms with Crippen molar-refractivity contribution in [3.05, 3.63) is 58.9 Å². The van der Waals surface area contributed by atoms with Crippen molar-refractivity contribution >= 4 is 5.91 Å². The van der Waals surface area contributed by atoms with Crippen molar-refractivity contribution in [2.24, 2.45) is 5.41 Å². The number of pyridine rings is 1. The van der Waals surface area contributed by atoms with E-state index < -0.39 is 0 Å². The van der Waals surface area contributed by atoms with Crippen LogP contribution in [0.5, 0.6) is 5.75 Å². The van der Waals surface area contributed by atoms with Gasteiger partial charge in [0.05, 0.1) is 5.69 Å². The number of likely N-dealkylation sites (tertiary alicyclic amines) is 1. The van der Waals surface area contributed by atoms with Crippen LogP contribution in [-0.4, -0.2) is 28.9 Å². The van der Waals surface area contributed by atoms with Crippen molar-refractivity contribution in [3.63, 3.8) is 0 Å². The maximum absolute atomic E-state index is 12.8. The van der Waals surface area contributed by atoms with Crippen LogP contribution >= 0.6 is 0 Å². The Bertz CT molecular complexity index is 778. The molecule has 1 aliphatic heterocycles. The number of nitrogens with zero attached hydrogens (tertiary/aromatic N) is 2. The van der Waals surface area contributed by atoms with Crippen molar-refractivity contribution in [1.82, 2.24) is 9.88 Å². The molecule has 4 nitrogen and oxygen atoms in total. The van der Waals surface area contributed by atoms with E-state index in [4.69, 9.17) is 4.74 Å².